The molecule has 114 valence electrons. The van der Waals surface area contributed by atoms with Gasteiger partial charge in [0.25, 0.3) is 0 Å². The quantitative estimate of drug-likeness (QED) is 0.811. The number of hydrogen-bond acceptors (Lipinski definition) is 3. The largest absolute Gasteiger partial charge is 0.480 e. The highest BCUT2D eigenvalue weighted by atomic mass is 16.4. The number of carbonyl (C=O) groups is 2. The molecule has 0 aromatic carbocycles. The Bertz CT molecular complexity index is 343. The molecule has 20 heavy (non-hydrogen) atoms. The van der Waals surface area contributed by atoms with Crippen LogP contribution in [-0.2, 0) is 4.79 Å². The molecule has 0 aromatic heterocycles. The molecule has 0 aliphatic carbocycles. The molecule has 2 rings (SSSR count). The van der Waals surface area contributed by atoms with Crippen molar-refractivity contribution in [1.82, 2.24) is 15.1 Å². The summed E-state index contributed by atoms with van der Waals surface area (Å²) in [4.78, 5) is 27.3. The number of aliphatic carboxylic acids is 1. The maximum Gasteiger partial charge on any atom is 0.326 e. The predicted molar refractivity (Wildman–Crippen MR) is 75.7 cm³/mol. The van der Waals surface area contributed by atoms with Gasteiger partial charge in [-0.05, 0) is 38.8 Å². The predicted octanol–water partition coefficient (Wildman–Crippen LogP) is 1.12. The van der Waals surface area contributed by atoms with Gasteiger partial charge in [0.15, 0.2) is 0 Å². The smallest absolute Gasteiger partial charge is 0.326 e. The Morgan fingerprint density at radius 3 is 2.45 bits per heavy atom. The van der Waals surface area contributed by atoms with E-state index >= 15 is 0 Å². The van der Waals surface area contributed by atoms with Gasteiger partial charge in [0, 0.05) is 19.6 Å². The number of urea groups is 1. The summed E-state index contributed by atoms with van der Waals surface area (Å²) in [6.07, 6.45) is 5.82. The number of amides is 2. The molecule has 2 N–H and O–H groups in total. The zero-order valence-electron chi connectivity index (χ0n) is 12.0. The third-order valence-electron chi connectivity index (χ3n) is 4.20. The molecule has 0 bridgehead atoms. The fourth-order valence-corrected chi connectivity index (χ4v) is 3.04. The summed E-state index contributed by atoms with van der Waals surface area (Å²) in [5, 5.41) is 12.1. The van der Waals surface area contributed by atoms with Crippen LogP contribution in [0.4, 0.5) is 4.79 Å². The lowest BCUT2D eigenvalue weighted by atomic mass is 10.1. The van der Waals surface area contributed by atoms with E-state index < -0.39 is 12.0 Å². The Morgan fingerprint density at radius 2 is 1.75 bits per heavy atom. The third-order valence-corrected chi connectivity index (χ3v) is 4.20. The van der Waals surface area contributed by atoms with Gasteiger partial charge in [-0.25, -0.2) is 9.59 Å². The van der Waals surface area contributed by atoms with E-state index in [1.54, 1.807) is 0 Å². The second kappa shape index (κ2) is 7.47. The molecular formula is C14H25N3O3. The highest BCUT2D eigenvalue weighted by Crippen LogP contribution is 2.17. The summed E-state index contributed by atoms with van der Waals surface area (Å²) < 4.78 is 0. The maximum atomic E-state index is 12.2. The van der Waals surface area contributed by atoms with Gasteiger partial charge in [-0.1, -0.05) is 12.8 Å². The monoisotopic (exact) mass is 283 g/mol. The van der Waals surface area contributed by atoms with Crippen LogP contribution in [-0.4, -0.2) is 65.7 Å². The molecule has 0 spiro atoms. The van der Waals surface area contributed by atoms with E-state index in [9.17, 15) is 14.7 Å². The van der Waals surface area contributed by atoms with E-state index in [1.165, 1.54) is 17.7 Å². The van der Waals surface area contributed by atoms with Gasteiger partial charge in [-0.15, -0.1) is 0 Å². The Morgan fingerprint density at radius 1 is 1.05 bits per heavy atom. The molecule has 2 amide bonds. The molecule has 0 saturated carbocycles. The van der Waals surface area contributed by atoms with Crippen LogP contribution in [0.1, 0.15) is 38.5 Å². The van der Waals surface area contributed by atoms with Gasteiger partial charge in [0.2, 0.25) is 0 Å². The molecule has 6 heteroatoms. The van der Waals surface area contributed by atoms with E-state index in [-0.39, 0.29) is 6.03 Å². The highest BCUT2D eigenvalue weighted by Gasteiger charge is 2.30. The minimum absolute atomic E-state index is 0.224. The second-order valence-electron chi connectivity index (χ2n) is 5.68. The summed E-state index contributed by atoms with van der Waals surface area (Å²) in [7, 11) is 0. The molecule has 2 heterocycles. The van der Waals surface area contributed by atoms with E-state index in [1.807, 2.05) is 0 Å². The normalized spacial score (nSPS) is 24.4. The minimum Gasteiger partial charge on any atom is -0.480 e. The lowest BCUT2D eigenvalue weighted by Crippen LogP contribution is -2.50. The molecule has 0 aromatic rings. The van der Waals surface area contributed by atoms with E-state index in [0.29, 0.717) is 19.5 Å². The molecule has 1 unspecified atom stereocenters. The summed E-state index contributed by atoms with van der Waals surface area (Å²) in [6.45, 7) is 4.22. The molecule has 2 aliphatic rings. The maximum absolute atomic E-state index is 12.2. The van der Waals surface area contributed by atoms with Crippen LogP contribution >= 0.6 is 0 Å². The Balaban J connectivity index is 1.80. The molecule has 6 nitrogen and oxygen atoms in total. The SMILES string of the molecule is O=C(O)C1CCCCCN1C(=O)NCCN1CCCC1. The second-order valence-corrected chi connectivity index (χ2v) is 5.68. The number of carboxylic acid groups (broad SMARTS) is 1. The Kier molecular flexibility index (Phi) is 5.64. The van der Waals surface area contributed by atoms with Gasteiger partial charge in [0.1, 0.15) is 6.04 Å². The van der Waals surface area contributed by atoms with Gasteiger partial charge in [-0.3, -0.25) is 0 Å². The molecular weight excluding hydrogens is 258 g/mol. The first-order valence-corrected chi connectivity index (χ1v) is 7.68. The van der Waals surface area contributed by atoms with Crippen molar-refractivity contribution in [3.8, 4) is 0 Å². The topological polar surface area (TPSA) is 72.9 Å². The lowest BCUT2D eigenvalue weighted by molar-refractivity contribution is -0.142. The standard InChI is InChI=1S/C14H25N3O3/c18-13(19)12-6-2-1-3-10-17(12)14(20)15-7-11-16-8-4-5-9-16/h12H,1-11H2,(H,15,20)(H,18,19). The number of carbonyl (C=O) groups excluding carboxylic acids is 1. The van der Waals surface area contributed by atoms with Crippen LogP contribution in [0, 0.1) is 0 Å². The molecule has 2 fully saturated rings. The summed E-state index contributed by atoms with van der Waals surface area (Å²) in [5.74, 6) is -0.887. The molecule has 2 saturated heterocycles. The van der Waals surface area contributed by atoms with Crippen molar-refractivity contribution in [2.75, 3.05) is 32.7 Å². The van der Waals surface area contributed by atoms with Crippen molar-refractivity contribution in [3.05, 3.63) is 0 Å². The zero-order chi connectivity index (χ0) is 14.4. The number of rotatable bonds is 4. The Hall–Kier alpha value is -1.30. The number of likely N-dealkylation sites (tertiary alicyclic amines) is 2. The lowest BCUT2D eigenvalue weighted by Gasteiger charge is -2.27. The van der Waals surface area contributed by atoms with Gasteiger partial charge in [0.05, 0.1) is 0 Å². The first-order valence-electron chi connectivity index (χ1n) is 7.68. The van der Waals surface area contributed by atoms with Crippen LogP contribution in [0.5, 0.6) is 0 Å². The van der Waals surface area contributed by atoms with Crippen LogP contribution < -0.4 is 5.32 Å². The number of nitrogens with one attached hydrogen (secondary N) is 1. The van der Waals surface area contributed by atoms with Crippen LogP contribution in [0.2, 0.25) is 0 Å². The van der Waals surface area contributed by atoms with Crippen molar-refractivity contribution in [1.29, 1.82) is 0 Å². The number of carboxylic acids is 1. The first kappa shape index (κ1) is 15.1. The van der Waals surface area contributed by atoms with Crippen molar-refractivity contribution in [2.45, 2.75) is 44.6 Å². The van der Waals surface area contributed by atoms with Crippen molar-refractivity contribution in [2.24, 2.45) is 0 Å². The van der Waals surface area contributed by atoms with Gasteiger partial charge < -0.3 is 20.2 Å². The summed E-state index contributed by atoms with van der Waals surface area (Å²) in [6, 6.07) is -0.886. The van der Waals surface area contributed by atoms with Crippen LogP contribution in [0.25, 0.3) is 0 Å². The van der Waals surface area contributed by atoms with E-state index in [4.69, 9.17) is 0 Å². The zero-order valence-corrected chi connectivity index (χ0v) is 12.0. The van der Waals surface area contributed by atoms with Crippen LogP contribution in [0.15, 0.2) is 0 Å². The molecule has 1 atom stereocenters. The van der Waals surface area contributed by atoms with Crippen molar-refractivity contribution >= 4 is 12.0 Å². The fraction of sp³-hybridized carbons (Fsp3) is 0.857. The third kappa shape index (κ3) is 4.10. The average Bonchev–Trinajstić information content (AvgIpc) is 2.80. The highest BCUT2D eigenvalue weighted by molar-refractivity contribution is 5.82. The summed E-state index contributed by atoms with van der Waals surface area (Å²) in [5.41, 5.74) is 0. The van der Waals surface area contributed by atoms with Gasteiger partial charge >= 0.3 is 12.0 Å². The summed E-state index contributed by atoms with van der Waals surface area (Å²) >= 11 is 0. The molecule has 0 radical (unpaired) electrons. The Labute approximate surface area is 120 Å². The van der Waals surface area contributed by atoms with E-state index in [0.717, 1.165) is 38.9 Å². The van der Waals surface area contributed by atoms with Crippen LogP contribution in [0.3, 0.4) is 0 Å². The van der Waals surface area contributed by atoms with E-state index in [2.05, 4.69) is 10.2 Å². The number of nitrogens with zero attached hydrogens (tertiary/aromatic N) is 2. The van der Waals surface area contributed by atoms with Gasteiger partial charge in [-0.2, -0.15) is 0 Å². The first-order chi connectivity index (χ1) is 9.68. The minimum atomic E-state index is -0.887. The van der Waals surface area contributed by atoms with Crippen molar-refractivity contribution in [3.63, 3.8) is 0 Å². The number of hydrogen-bond donors (Lipinski definition) is 2. The fourth-order valence-electron chi connectivity index (χ4n) is 3.04. The van der Waals surface area contributed by atoms with Crippen molar-refractivity contribution < 1.29 is 14.7 Å². The average molecular weight is 283 g/mol. The molecule has 2 aliphatic heterocycles.